The third-order valence-electron chi connectivity index (χ3n) is 14.2. The highest BCUT2D eigenvalue weighted by atomic mass is 16.7. The number of allylic oxidation sites excluding steroid dienone is 1. The van der Waals surface area contributed by atoms with Crippen molar-refractivity contribution in [1.82, 2.24) is 0 Å². The van der Waals surface area contributed by atoms with Crippen molar-refractivity contribution in [2.45, 2.75) is 184 Å². The molecule has 13 heteroatoms. The maximum absolute atomic E-state index is 14.1. The first kappa shape index (κ1) is 41.4. The quantitative estimate of drug-likeness (QED) is 0.310. The molecule has 1 aromatic rings. The van der Waals surface area contributed by atoms with Gasteiger partial charge in [0, 0.05) is 52.1 Å². The number of furan rings is 1. The average molecular weight is 777 g/mol. The van der Waals surface area contributed by atoms with Gasteiger partial charge < -0.3 is 57.3 Å². The van der Waals surface area contributed by atoms with E-state index in [0.717, 1.165) is 24.2 Å². The van der Waals surface area contributed by atoms with Crippen LogP contribution in [0, 0.1) is 24.2 Å². The average Bonchev–Trinajstić information content (AvgIpc) is 3.59. The Morgan fingerprint density at radius 1 is 0.782 bits per heavy atom. The van der Waals surface area contributed by atoms with Crippen LogP contribution in [0.2, 0.25) is 0 Å². The Hall–Kier alpha value is -1.75. The third kappa shape index (κ3) is 7.78. The molecule has 55 heavy (non-hydrogen) atoms. The van der Waals surface area contributed by atoms with Crippen LogP contribution in [-0.2, 0) is 52.8 Å². The Kier molecular flexibility index (Phi) is 12.4. The molecule has 7 rings (SSSR count). The molecule has 2 N–H and O–H groups in total. The fourth-order valence-corrected chi connectivity index (χ4v) is 10.9. The minimum Gasteiger partial charge on any atom is -0.469 e. The molecular formula is C42H64O13. The molecule has 0 amide bonds. The summed E-state index contributed by atoms with van der Waals surface area (Å²) in [4.78, 5) is 14.1. The summed E-state index contributed by atoms with van der Waals surface area (Å²) in [5.41, 5.74) is 1.43. The molecule has 3 saturated heterocycles. The minimum absolute atomic E-state index is 0.0875. The fourth-order valence-electron chi connectivity index (χ4n) is 10.9. The number of hydrogen-bond acceptors (Lipinski definition) is 13. The second kappa shape index (κ2) is 16.5. The monoisotopic (exact) mass is 776 g/mol. The van der Waals surface area contributed by atoms with Gasteiger partial charge in [0.25, 0.3) is 0 Å². The highest BCUT2D eigenvalue weighted by molar-refractivity contribution is 5.93. The summed E-state index contributed by atoms with van der Waals surface area (Å²) in [6.07, 6.45) is 1.84. The second-order valence-electron chi connectivity index (χ2n) is 17.4. The number of aryl methyl sites for hydroxylation is 1. The van der Waals surface area contributed by atoms with Crippen molar-refractivity contribution >= 4 is 5.78 Å². The molecule has 0 spiro atoms. The molecule has 0 unspecified atom stereocenters. The van der Waals surface area contributed by atoms with Crippen LogP contribution in [-0.4, -0.2) is 123 Å². The standard InChI is InChI=1S/C42H64O13/c1-21-27(13-15-49-21)41(5)14-12-28-26(40(41)45)11-10-25-16-30(29(43)20-42(25,28)6)53-34-18-32(47-8)38(23(3)51-34)55-36-19-33(48-9)39(24(4)52-36)54-35-17-31(46-7)37(44)22(2)50-35/h10,13,15,22-24,26,28-39,43-44H,11-12,14,16-20H2,1-9H3/t22-,23-,24-,26+,28+,29-,30+,31+,32-,33+,34-,35-,36-,37+,38+,39+,41+,42-/m1/s1. The molecule has 13 nitrogen and oxygen atoms in total. The second-order valence-corrected chi connectivity index (χ2v) is 17.4. The van der Waals surface area contributed by atoms with Crippen LogP contribution in [0.4, 0.5) is 0 Å². The number of fused-ring (bicyclic) bond motifs is 3. The van der Waals surface area contributed by atoms with Gasteiger partial charge in [-0.15, -0.1) is 0 Å². The number of ketones is 1. The van der Waals surface area contributed by atoms with E-state index in [9.17, 15) is 15.0 Å². The van der Waals surface area contributed by atoms with E-state index in [1.807, 2.05) is 26.8 Å². The number of aliphatic hydroxyl groups excluding tert-OH is 2. The predicted molar refractivity (Wildman–Crippen MR) is 198 cm³/mol. The SMILES string of the molecule is CO[C@H]1C[C@@H](O[C@@H]2[C@@H](OC)C[C@@H](O[C@H]3[C@@H](C)O[C@H](O[C@H]4CC5=CC[C@@H]6C(=O)[C@](C)(c7ccoc7C)CC[C@@H]6[C@]5(C)C[C@H]4O)C[C@H]3OC)O[C@@H]2C)O[C@H](C)[C@@H]1O. The Labute approximate surface area is 325 Å². The Balaban J connectivity index is 0.949. The van der Waals surface area contributed by atoms with E-state index in [1.165, 1.54) is 5.57 Å². The molecule has 2 saturated carbocycles. The number of rotatable bonds is 10. The van der Waals surface area contributed by atoms with Crippen molar-refractivity contribution in [2.24, 2.45) is 17.3 Å². The normalized spacial score (nSPS) is 47.8. The molecule has 0 bridgehead atoms. The third-order valence-corrected chi connectivity index (χ3v) is 14.2. The van der Waals surface area contributed by atoms with Crippen LogP contribution in [0.3, 0.4) is 0 Å². The van der Waals surface area contributed by atoms with Crippen LogP contribution in [0.15, 0.2) is 28.4 Å². The molecule has 3 aliphatic heterocycles. The number of ether oxygens (including phenoxy) is 9. The predicted octanol–water partition coefficient (Wildman–Crippen LogP) is 4.90. The van der Waals surface area contributed by atoms with E-state index < -0.39 is 73.1 Å². The summed E-state index contributed by atoms with van der Waals surface area (Å²) in [6, 6.07) is 1.95. The lowest BCUT2D eigenvalue weighted by Gasteiger charge is -2.55. The topological polar surface area (TPSA) is 154 Å². The first-order valence-electron chi connectivity index (χ1n) is 20.4. The van der Waals surface area contributed by atoms with Crippen molar-refractivity contribution in [3.8, 4) is 0 Å². The lowest BCUT2D eigenvalue weighted by molar-refractivity contribution is -0.339. The van der Waals surface area contributed by atoms with Gasteiger partial charge in [-0.05, 0) is 84.1 Å². The summed E-state index contributed by atoms with van der Waals surface area (Å²) in [7, 11) is 4.88. The lowest BCUT2D eigenvalue weighted by atomic mass is 9.49. The molecule has 1 aromatic heterocycles. The molecule has 0 aromatic carbocycles. The molecule has 18 atom stereocenters. The van der Waals surface area contributed by atoms with Gasteiger partial charge in [-0.25, -0.2) is 0 Å². The van der Waals surface area contributed by atoms with Crippen molar-refractivity contribution in [3.63, 3.8) is 0 Å². The molecule has 4 heterocycles. The number of hydrogen-bond donors (Lipinski definition) is 2. The smallest absolute Gasteiger partial charge is 0.161 e. The van der Waals surface area contributed by atoms with Gasteiger partial charge >= 0.3 is 0 Å². The van der Waals surface area contributed by atoms with Crippen molar-refractivity contribution < 1.29 is 62.1 Å². The van der Waals surface area contributed by atoms with E-state index in [2.05, 4.69) is 19.9 Å². The zero-order valence-electron chi connectivity index (χ0n) is 34.0. The summed E-state index contributed by atoms with van der Waals surface area (Å²) >= 11 is 0. The zero-order valence-corrected chi connectivity index (χ0v) is 34.0. The van der Waals surface area contributed by atoms with Crippen LogP contribution < -0.4 is 0 Å². The fraction of sp³-hybridized carbons (Fsp3) is 0.833. The largest absolute Gasteiger partial charge is 0.469 e. The first-order chi connectivity index (χ1) is 26.2. The minimum atomic E-state index is -0.731. The van der Waals surface area contributed by atoms with Gasteiger partial charge in [0.15, 0.2) is 18.9 Å². The summed E-state index contributed by atoms with van der Waals surface area (Å²) in [5.74, 6) is 1.18. The van der Waals surface area contributed by atoms with E-state index in [1.54, 1.807) is 34.5 Å². The lowest BCUT2D eigenvalue weighted by Crippen LogP contribution is -2.57. The van der Waals surface area contributed by atoms with Gasteiger partial charge in [0.2, 0.25) is 0 Å². The van der Waals surface area contributed by atoms with Gasteiger partial charge in [-0.2, -0.15) is 0 Å². The molecule has 6 aliphatic rings. The van der Waals surface area contributed by atoms with Gasteiger partial charge in [-0.1, -0.05) is 18.6 Å². The van der Waals surface area contributed by atoms with Crippen LogP contribution in [0.25, 0.3) is 0 Å². The van der Waals surface area contributed by atoms with Crippen LogP contribution in [0.5, 0.6) is 0 Å². The Bertz CT molecular complexity index is 1510. The first-order valence-corrected chi connectivity index (χ1v) is 20.4. The molecule has 310 valence electrons. The number of aliphatic hydroxyl groups is 2. The maximum atomic E-state index is 14.1. The van der Waals surface area contributed by atoms with E-state index >= 15 is 0 Å². The van der Waals surface area contributed by atoms with E-state index in [4.69, 9.17) is 47.0 Å². The van der Waals surface area contributed by atoms with E-state index in [0.29, 0.717) is 38.5 Å². The van der Waals surface area contributed by atoms with Crippen molar-refractivity contribution in [3.05, 3.63) is 35.3 Å². The summed E-state index contributed by atoms with van der Waals surface area (Å²) in [6.45, 7) is 11.9. The molecule has 3 aliphatic carbocycles. The molecule has 5 fully saturated rings. The van der Waals surface area contributed by atoms with Gasteiger partial charge in [0.1, 0.15) is 29.9 Å². The van der Waals surface area contributed by atoms with Crippen molar-refractivity contribution in [2.75, 3.05) is 21.3 Å². The van der Waals surface area contributed by atoms with Gasteiger partial charge in [-0.3, -0.25) is 4.79 Å². The maximum Gasteiger partial charge on any atom is 0.161 e. The summed E-state index contributed by atoms with van der Waals surface area (Å²) < 4.78 is 61.1. The number of Topliss-reactive ketones (excluding diaryl/α,β-unsaturated/α-hetero) is 1. The Morgan fingerprint density at radius 3 is 1.91 bits per heavy atom. The number of methoxy groups -OCH3 is 3. The van der Waals surface area contributed by atoms with E-state index in [-0.39, 0.29) is 41.3 Å². The van der Waals surface area contributed by atoms with Crippen LogP contribution in [0.1, 0.15) is 97.3 Å². The van der Waals surface area contributed by atoms with Gasteiger partial charge in [0.05, 0.1) is 60.5 Å². The summed E-state index contributed by atoms with van der Waals surface area (Å²) in [5, 5.41) is 22.0. The van der Waals surface area contributed by atoms with Crippen molar-refractivity contribution in [1.29, 1.82) is 0 Å². The molecular weight excluding hydrogens is 712 g/mol. The Morgan fingerprint density at radius 2 is 1.35 bits per heavy atom. The highest BCUT2D eigenvalue weighted by Crippen LogP contribution is 2.59. The number of carbonyl (C=O) groups is 1. The van der Waals surface area contributed by atoms with Crippen LogP contribution >= 0.6 is 0 Å². The highest BCUT2D eigenvalue weighted by Gasteiger charge is 2.57. The zero-order chi connectivity index (χ0) is 39.4. The number of carbonyl (C=O) groups excluding carboxylic acids is 1. The molecule has 0 radical (unpaired) electrons.